The second-order valence-corrected chi connectivity index (χ2v) is 6.01. The lowest BCUT2D eigenvalue weighted by atomic mass is 9.94. The Morgan fingerprint density at radius 2 is 1.95 bits per heavy atom. The molecular formula is C16H16BrClFN. The van der Waals surface area contributed by atoms with Gasteiger partial charge in [0.1, 0.15) is 5.82 Å². The molecule has 1 unspecified atom stereocenters. The van der Waals surface area contributed by atoms with Gasteiger partial charge in [-0.15, -0.1) is 0 Å². The number of halogens is 3. The molecule has 0 spiro atoms. The number of rotatable bonds is 4. The average molecular weight is 357 g/mol. The van der Waals surface area contributed by atoms with E-state index >= 15 is 0 Å². The van der Waals surface area contributed by atoms with Crippen LogP contribution in [0.5, 0.6) is 0 Å². The SMILES string of the molecule is CCNC(c1ccc(Cl)cc1C)c1cc(Br)ccc1F. The molecule has 0 aliphatic carbocycles. The fourth-order valence-corrected chi connectivity index (χ4v) is 2.90. The molecule has 0 amide bonds. The second-order valence-electron chi connectivity index (χ2n) is 4.66. The normalized spacial score (nSPS) is 12.4. The maximum absolute atomic E-state index is 14.2. The van der Waals surface area contributed by atoms with Crippen LogP contribution >= 0.6 is 27.5 Å². The van der Waals surface area contributed by atoms with Crippen molar-refractivity contribution in [3.63, 3.8) is 0 Å². The maximum atomic E-state index is 14.2. The highest BCUT2D eigenvalue weighted by molar-refractivity contribution is 9.10. The van der Waals surface area contributed by atoms with E-state index in [1.807, 2.05) is 38.1 Å². The minimum absolute atomic E-state index is 0.185. The van der Waals surface area contributed by atoms with E-state index in [2.05, 4.69) is 21.2 Å². The van der Waals surface area contributed by atoms with Crippen LogP contribution in [0, 0.1) is 12.7 Å². The lowest BCUT2D eigenvalue weighted by Gasteiger charge is -2.22. The molecule has 2 rings (SSSR count). The van der Waals surface area contributed by atoms with Crippen LogP contribution in [0.4, 0.5) is 4.39 Å². The number of nitrogens with one attached hydrogen (secondary N) is 1. The molecule has 2 aromatic rings. The van der Waals surface area contributed by atoms with Gasteiger partial charge in [-0.2, -0.15) is 0 Å². The molecule has 0 heterocycles. The maximum Gasteiger partial charge on any atom is 0.128 e. The zero-order valence-corrected chi connectivity index (χ0v) is 13.7. The molecule has 1 nitrogen and oxygen atoms in total. The Morgan fingerprint density at radius 1 is 1.20 bits per heavy atom. The Morgan fingerprint density at radius 3 is 2.60 bits per heavy atom. The molecule has 0 aliphatic heterocycles. The van der Waals surface area contributed by atoms with E-state index in [0.717, 1.165) is 22.1 Å². The summed E-state index contributed by atoms with van der Waals surface area (Å²) < 4.78 is 15.0. The van der Waals surface area contributed by atoms with Gasteiger partial charge in [0.15, 0.2) is 0 Å². The lowest BCUT2D eigenvalue weighted by molar-refractivity contribution is 0.557. The van der Waals surface area contributed by atoms with Crippen LogP contribution in [0.25, 0.3) is 0 Å². The van der Waals surface area contributed by atoms with Crippen molar-refractivity contribution in [2.45, 2.75) is 19.9 Å². The Hall–Kier alpha value is -0.900. The zero-order chi connectivity index (χ0) is 14.7. The summed E-state index contributed by atoms with van der Waals surface area (Å²) in [5.74, 6) is -0.214. The van der Waals surface area contributed by atoms with Gasteiger partial charge in [-0.25, -0.2) is 4.39 Å². The summed E-state index contributed by atoms with van der Waals surface area (Å²) in [4.78, 5) is 0. The molecule has 1 N–H and O–H groups in total. The molecule has 0 fully saturated rings. The van der Waals surface area contributed by atoms with Crippen molar-refractivity contribution in [2.24, 2.45) is 0 Å². The third-order valence-corrected chi connectivity index (χ3v) is 3.95. The van der Waals surface area contributed by atoms with Crippen molar-refractivity contribution in [1.82, 2.24) is 5.32 Å². The minimum Gasteiger partial charge on any atom is -0.306 e. The Labute approximate surface area is 132 Å². The molecule has 20 heavy (non-hydrogen) atoms. The molecule has 0 bridgehead atoms. The summed E-state index contributed by atoms with van der Waals surface area (Å²) in [6, 6.07) is 10.5. The van der Waals surface area contributed by atoms with Crippen LogP contribution in [0.2, 0.25) is 5.02 Å². The van der Waals surface area contributed by atoms with Crippen molar-refractivity contribution < 1.29 is 4.39 Å². The quantitative estimate of drug-likeness (QED) is 0.789. The van der Waals surface area contributed by atoms with Crippen LogP contribution in [0.3, 0.4) is 0 Å². The molecular weight excluding hydrogens is 341 g/mol. The first-order valence-corrected chi connectivity index (χ1v) is 7.64. The van der Waals surface area contributed by atoms with Gasteiger partial charge in [0.2, 0.25) is 0 Å². The van der Waals surface area contributed by atoms with Gasteiger partial charge in [-0.05, 0) is 54.9 Å². The van der Waals surface area contributed by atoms with Crippen LogP contribution in [0.15, 0.2) is 40.9 Å². The fraction of sp³-hybridized carbons (Fsp3) is 0.250. The molecule has 0 radical (unpaired) electrons. The van der Waals surface area contributed by atoms with Gasteiger partial charge < -0.3 is 5.32 Å². The number of hydrogen-bond acceptors (Lipinski definition) is 1. The highest BCUT2D eigenvalue weighted by Gasteiger charge is 2.19. The third kappa shape index (κ3) is 3.40. The van der Waals surface area contributed by atoms with Gasteiger partial charge in [-0.3, -0.25) is 0 Å². The van der Waals surface area contributed by atoms with Crippen molar-refractivity contribution in [3.8, 4) is 0 Å². The molecule has 0 aliphatic rings. The molecule has 1 atom stereocenters. The Bertz CT molecular complexity index is 615. The lowest BCUT2D eigenvalue weighted by Crippen LogP contribution is -2.23. The predicted octanol–water partition coefficient (Wildman–Crippen LogP) is 5.25. The number of aryl methyl sites for hydroxylation is 1. The Kier molecular flexibility index (Phi) is 5.19. The monoisotopic (exact) mass is 355 g/mol. The van der Waals surface area contributed by atoms with E-state index in [-0.39, 0.29) is 11.9 Å². The van der Waals surface area contributed by atoms with Crippen molar-refractivity contribution in [1.29, 1.82) is 0 Å². The first-order chi connectivity index (χ1) is 9.52. The molecule has 106 valence electrons. The molecule has 4 heteroatoms. The second kappa shape index (κ2) is 6.70. The van der Waals surface area contributed by atoms with Gasteiger partial charge >= 0.3 is 0 Å². The molecule has 0 aromatic heterocycles. The predicted molar refractivity (Wildman–Crippen MR) is 85.8 cm³/mol. The van der Waals surface area contributed by atoms with Crippen molar-refractivity contribution in [2.75, 3.05) is 6.54 Å². The van der Waals surface area contributed by atoms with E-state index in [1.54, 1.807) is 6.07 Å². The van der Waals surface area contributed by atoms with E-state index in [0.29, 0.717) is 10.6 Å². The largest absolute Gasteiger partial charge is 0.306 e. The summed E-state index contributed by atoms with van der Waals surface area (Å²) in [7, 11) is 0. The topological polar surface area (TPSA) is 12.0 Å². The minimum atomic E-state index is -0.214. The highest BCUT2D eigenvalue weighted by atomic mass is 79.9. The van der Waals surface area contributed by atoms with E-state index in [4.69, 9.17) is 11.6 Å². The van der Waals surface area contributed by atoms with E-state index < -0.39 is 0 Å². The molecule has 0 saturated heterocycles. The van der Waals surface area contributed by atoms with Crippen LogP contribution < -0.4 is 5.32 Å². The fourth-order valence-electron chi connectivity index (χ4n) is 2.29. The number of hydrogen-bond donors (Lipinski definition) is 1. The summed E-state index contributed by atoms with van der Waals surface area (Å²) in [6.07, 6.45) is 0. The summed E-state index contributed by atoms with van der Waals surface area (Å²) in [5, 5.41) is 4.03. The van der Waals surface area contributed by atoms with E-state index in [1.165, 1.54) is 6.07 Å². The first kappa shape index (κ1) is 15.5. The standard InChI is InChI=1S/C16H16BrClFN/c1-3-20-16(13-6-5-12(18)8-10(13)2)14-9-11(17)4-7-15(14)19/h4-9,16,20H,3H2,1-2H3. The smallest absolute Gasteiger partial charge is 0.128 e. The number of benzene rings is 2. The van der Waals surface area contributed by atoms with Gasteiger partial charge in [0.25, 0.3) is 0 Å². The van der Waals surface area contributed by atoms with Crippen molar-refractivity contribution >= 4 is 27.5 Å². The van der Waals surface area contributed by atoms with Crippen molar-refractivity contribution in [3.05, 3.63) is 68.4 Å². The third-order valence-electron chi connectivity index (χ3n) is 3.22. The zero-order valence-electron chi connectivity index (χ0n) is 11.4. The summed E-state index contributed by atoms with van der Waals surface area (Å²) >= 11 is 9.40. The van der Waals surface area contributed by atoms with Gasteiger partial charge in [0.05, 0.1) is 6.04 Å². The van der Waals surface area contributed by atoms with Gasteiger partial charge in [0, 0.05) is 15.1 Å². The highest BCUT2D eigenvalue weighted by Crippen LogP contribution is 2.30. The Balaban J connectivity index is 2.53. The first-order valence-electron chi connectivity index (χ1n) is 6.47. The molecule has 0 saturated carbocycles. The van der Waals surface area contributed by atoms with Gasteiger partial charge in [-0.1, -0.05) is 40.5 Å². The van der Waals surface area contributed by atoms with Crippen LogP contribution in [0.1, 0.15) is 29.7 Å². The van der Waals surface area contributed by atoms with E-state index in [9.17, 15) is 4.39 Å². The van der Waals surface area contributed by atoms with Crippen LogP contribution in [-0.4, -0.2) is 6.54 Å². The average Bonchev–Trinajstić information content (AvgIpc) is 2.40. The summed E-state index contributed by atoms with van der Waals surface area (Å²) in [5.41, 5.74) is 2.71. The summed E-state index contributed by atoms with van der Waals surface area (Å²) in [6.45, 7) is 4.74. The van der Waals surface area contributed by atoms with Crippen LogP contribution in [-0.2, 0) is 0 Å². The molecule has 2 aromatic carbocycles.